The smallest absolute Gasteiger partial charge is 0.407 e. The van der Waals surface area contributed by atoms with Crippen LogP contribution in [0.15, 0.2) is 12.1 Å². The number of carbonyl (C=O) groups is 1. The van der Waals surface area contributed by atoms with Crippen molar-refractivity contribution >= 4 is 34.5 Å². The molecule has 7 heteroatoms. The Bertz CT molecular complexity index is 572. The van der Waals surface area contributed by atoms with Crippen LogP contribution < -0.4 is 4.90 Å². The third-order valence-corrected chi connectivity index (χ3v) is 5.86. The van der Waals surface area contributed by atoms with Crippen molar-refractivity contribution in [3.63, 3.8) is 0 Å². The van der Waals surface area contributed by atoms with E-state index in [-0.39, 0.29) is 11.5 Å². The van der Waals surface area contributed by atoms with E-state index in [0.29, 0.717) is 6.54 Å². The Balaban J connectivity index is 2.26. The van der Waals surface area contributed by atoms with Gasteiger partial charge in [-0.15, -0.1) is 10.2 Å². The van der Waals surface area contributed by atoms with Crippen LogP contribution in [0, 0.1) is 9.12 Å². The molecule has 128 valence electrons. The average molecular weight is 432 g/mol. The molecule has 1 aromatic rings. The van der Waals surface area contributed by atoms with Crippen LogP contribution in [0.5, 0.6) is 0 Å². The lowest BCUT2D eigenvalue weighted by atomic mass is 9.68. The lowest BCUT2D eigenvalue weighted by Gasteiger charge is -2.54. The van der Waals surface area contributed by atoms with Gasteiger partial charge in [-0.05, 0) is 59.9 Å². The Labute approximate surface area is 151 Å². The van der Waals surface area contributed by atoms with Gasteiger partial charge in [0.2, 0.25) is 0 Å². The molecule has 1 amide bonds. The van der Waals surface area contributed by atoms with Gasteiger partial charge in [0.1, 0.15) is 3.70 Å². The zero-order valence-corrected chi connectivity index (χ0v) is 16.5. The SMILES string of the molecule is CN(c1ccc(I)nn1)[C@@H]1CCN(C(=O)O)[C@@](C)(C(C)(C)C)C1. The van der Waals surface area contributed by atoms with E-state index in [1.807, 2.05) is 19.2 Å². The number of piperidine rings is 1. The largest absolute Gasteiger partial charge is 0.465 e. The zero-order valence-electron chi connectivity index (χ0n) is 14.4. The van der Waals surface area contributed by atoms with Gasteiger partial charge in [0.25, 0.3) is 0 Å². The second-order valence-electron chi connectivity index (χ2n) is 7.43. The first-order valence-corrected chi connectivity index (χ1v) is 8.87. The number of likely N-dealkylation sites (tertiary alicyclic amines) is 1. The minimum Gasteiger partial charge on any atom is -0.465 e. The Hall–Kier alpha value is -1.12. The third-order valence-electron chi connectivity index (χ3n) is 5.29. The van der Waals surface area contributed by atoms with E-state index in [2.05, 4.69) is 65.4 Å². The normalized spacial score (nSPS) is 25.3. The first kappa shape index (κ1) is 18.2. The summed E-state index contributed by atoms with van der Waals surface area (Å²) in [4.78, 5) is 15.4. The van der Waals surface area contributed by atoms with E-state index >= 15 is 0 Å². The van der Waals surface area contributed by atoms with Crippen molar-refractivity contribution in [2.24, 2.45) is 5.41 Å². The van der Waals surface area contributed by atoms with Crippen molar-refractivity contribution in [2.75, 3.05) is 18.5 Å². The van der Waals surface area contributed by atoms with Crippen LogP contribution >= 0.6 is 22.6 Å². The highest BCUT2D eigenvalue weighted by Gasteiger charge is 2.49. The maximum atomic E-state index is 11.7. The minimum absolute atomic E-state index is 0.150. The highest BCUT2D eigenvalue weighted by Crippen LogP contribution is 2.43. The van der Waals surface area contributed by atoms with Gasteiger partial charge in [-0.1, -0.05) is 20.8 Å². The van der Waals surface area contributed by atoms with Crippen LogP contribution in [0.1, 0.15) is 40.5 Å². The number of amides is 1. The number of nitrogens with zero attached hydrogens (tertiary/aromatic N) is 4. The fourth-order valence-electron chi connectivity index (χ4n) is 3.23. The molecule has 0 bridgehead atoms. The van der Waals surface area contributed by atoms with Crippen LogP contribution in [0.3, 0.4) is 0 Å². The van der Waals surface area contributed by atoms with Gasteiger partial charge < -0.3 is 14.9 Å². The fraction of sp³-hybridized carbons (Fsp3) is 0.688. The quantitative estimate of drug-likeness (QED) is 0.725. The van der Waals surface area contributed by atoms with Crippen molar-refractivity contribution in [1.82, 2.24) is 15.1 Å². The fourth-order valence-corrected chi connectivity index (χ4v) is 3.52. The third kappa shape index (κ3) is 3.54. The molecule has 1 aliphatic rings. The molecule has 2 heterocycles. The summed E-state index contributed by atoms with van der Waals surface area (Å²) in [5.74, 6) is 0.829. The highest BCUT2D eigenvalue weighted by molar-refractivity contribution is 14.1. The molecule has 2 rings (SSSR count). The molecule has 0 saturated carbocycles. The first-order valence-electron chi connectivity index (χ1n) is 7.79. The molecule has 1 saturated heterocycles. The molecule has 1 aromatic heterocycles. The molecule has 1 N–H and O–H groups in total. The monoisotopic (exact) mass is 432 g/mol. The Kier molecular flexibility index (Phi) is 5.08. The van der Waals surface area contributed by atoms with Crippen molar-refractivity contribution < 1.29 is 9.90 Å². The van der Waals surface area contributed by atoms with Gasteiger partial charge in [-0.3, -0.25) is 0 Å². The number of carboxylic acid groups (broad SMARTS) is 1. The second kappa shape index (κ2) is 6.41. The van der Waals surface area contributed by atoms with Gasteiger partial charge in [0, 0.05) is 19.6 Å². The molecule has 0 aromatic carbocycles. The Morgan fingerprint density at radius 2 is 2.09 bits per heavy atom. The molecule has 1 aliphatic heterocycles. The van der Waals surface area contributed by atoms with Crippen molar-refractivity contribution in [3.8, 4) is 0 Å². The van der Waals surface area contributed by atoms with Gasteiger partial charge in [-0.25, -0.2) is 4.79 Å². The molecule has 0 radical (unpaired) electrons. The highest BCUT2D eigenvalue weighted by atomic mass is 127. The standard InChI is InChI=1S/C16H25IN4O2/c1-15(2,3)16(4)10-11(8-9-21(16)14(22)23)20(5)13-7-6-12(17)18-19-13/h6-7,11H,8-10H2,1-5H3,(H,22,23)/t11-,16-/m1/s1. The summed E-state index contributed by atoms with van der Waals surface area (Å²) in [7, 11) is 2.01. The molecule has 0 aliphatic carbocycles. The molecule has 2 atom stereocenters. The molecule has 0 unspecified atom stereocenters. The van der Waals surface area contributed by atoms with E-state index < -0.39 is 11.6 Å². The van der Waals surface area contributed by atoms with Crippen LogP contribution in [-0.2, 0) is 0 Å². The number of anilines is 1. The predicted molar refractivity (Wildman–Crippen MR) is 98.8 cm³/mol. The summed E-state index contributed by atoms with van der Waals surface area (Å²) < 4.78 is 0.861. The summed E-state index contributed by atoms with van der Waals surface area (Å²) >= 11 is 2.14. The molecule has 1 fully saturated rings. The predicted octanol–water partition coefficient (Wildman–Crippen LogP) is 3.46. The topological polar surface area (TPSA) is 69.6 Å². The van der Waals surface area contributed by atoms with Crippen molar-refractivity contribution in [2.45, 2.75) is 52.1 Å². The van der Waals surface area contributed by atoms with E-state index in [9.17, 15) is 9.90 Å². The second-order valence-corrected chi connectivity index (χ2v) is 8.54. The summed E-state index contributed by atoms with van der Waals surface area (Å²) in [6, 6.07) is 4.14. The van der Waals surface area contributed by atoms with Crippen LogP contribution in [0.4, 0.5) is 10.6 Å². The minimum atomic E-state index is -0.836. The average Bonchev–Trinajstić information content (AvgIpc) is 2.45. The number of rotatable bonds is 2. The number of aromatic nitrogens is 2. The van der Waals surface area contributed by atoms with Gasteiger partial charge in [0.05, 0.1) is 5.54 Å². The first-order chi connectivity index (χ1) is 10.6. The van der Waals surface area contributed by atoms with Crippen molar-refractivity contribution in [1.29, 1.82) is 0 Å². The summed E-state index contributed by atoms with van der Waals surface area (Å²) in [6.45, 7) is 8.92. The lowest BCUT2D eigenvalue weighted by molar-refractivity contribution is -0.0179. The maximum Gasteiger partial charge on any atom is 0.407 e. The van der Waals surface area contributed by atoms with E-state index in [0.717, 1.165) is 22.4 Å². The van der Waals surface area contributed by atoms with Gasteiger partial charge in [0.15, 0.2) is 5.82 Å². The molecule has 23 heavy (non-hydrogen) atoms. The molecular formula is C16H25IN4O2. The van der Waals surface area contributed by atoms with E-state index in [4.69, 9.17) is 0 Å². The number of hydrogen-bond donors (Lipinski definition) is 1. The lowest BCUT2D eigenvalue weighted by Crippen LogP contribution is -2.63. The van der Waals surface area contributed by atoms with Crippen LogP contribution in [-0.4, -0.2) is 51.5 Å². The van der Waals surface area contributed by atoms with Crippen LogP contribution in [0.25, 0.3) is 0 Å². The summed E-state index contributed by atoms with van der Waals surface area (Å²) in [5, 5.41) is 18.0. The van der Waals surface area contributed by atoms with E-state index in [1.54, 1.807) is 4.90 Å². The number of halogens is 1. The van der Waals surface area contributed by atoms with Crippen LogP contribution in [0.2, 0.25) is 0 Å². The number of hydrogen-bond acceptors (Lipinski definition) is 4. The maximum absolute atomic E-state index is 11.7. The van der Waals surface area contributed by atoms with E-state index in [1.165, 1.54) is 0 Å². The van der Waals surface area contributed by atoms with Crippen molar-refractivity contribution in [3.05, 3.63) is 15.8 Å². The summed E-state index contributed by atoms with van der Waals surface area (Å²) in [6.07, 6.45) is 0.729. The zero-order chi connectivity index (χ0) is 17.4. The Morgan fingerprint density at radius 1 is 1.43 bits per heavy atom. The molecule has 6 nitrogen and oxygen atoms in total. The molecule has 0 spiro atoms. The molecular weight excluding hydrogens is 407 g/mol. The van der Waals surface area contributed by atoms with Gasteiger partial charge >= 0.3 is 6.09 Å². The van der Waals surface area contributed by atoms with Gasteiger partial charge in [-0.2, -0.15) is 0 Å². The Morgan fingerprint density at radius 3 is 2.57 bits per heavy atom. The summed E-state index contributed by atoms with van der Waals surface area (Å²) in [5.41, 5.74) is -0.574.